The Morgan fingerprint density at radius 2 is 1.62 bits per heavy atom. The highest BCUT2D eigenvalue weighted by Crippen LogP contribution is 2.24. The third-order valence-corrected chi connectivity index (χ3v) is 3.89. The summed E-state index contributed by atoms with van der Waals surface area (Å²) in [6, 6.07) is 16.9. The molecule has 0 spiro atoms. The highest BCUT2D eigenvalue weighted by molar-refractivity contribution is 5.65. The van der Waals surface area contributed by atoms with Crippen LogP contribution in [0.5, 0.6) is 0 Å². The molecule has 2 heteroatoms. The SMILES string of the molecule is CCc1ccc(-c2nc(-c3ccccc3)c[nH]2)cc1CC. The molecule has 3 aromatic rings. The lowest BCUT2D eigenvalue weighted by Gasteiger charge is -2.07. The normalized spacial score (nSPS) is 10.8. The summed E-state index contributed by atoms with van der Waals surface area (Å²) < 4.78 is 0. The van der Waals surface area contributed by atoms with Crippen LogP contribution in [0.25, 0.3) is 22.6 Å². The first kappa shape index (κ1) is 13.6. The van der Waals surface area contributed by atoms with E-state index in [0.29, 0.717) is 0 Å². The van der Waals surface area contributed by atoms with Crippen LogP contribution in [0, 0.1) is 0 Å². The molecule has 0 aliphatic carbocycles. The number of hydrogen-bond acceptors (Lipinski definition) is 1. The summed E-state index contributed by atoms with van der Waals surface area (Å²) >= 11 is 0. The first-order chi connectivity index (χ1) is 10.3. The largest absolute Gasteiger partial charge is 0.344 e. The van der Waals surface area contributed by atoms with Crippen molar-refractivity contribution < 1.29 is 0 Å². The highest BCUT2D eigenvalue weighted by Gasteiger charge is 2.08. The molecule has 1 aromatic heterocycles. The zero-order valence-corrected chi connectivity index (χ0v) is 12.6. The molecule has 2 nitrogen and oxygen atoms in total. The molecule has 0 amide bonds. The van der Waals surface area contributed by atoms with E-state index in [9.17, 15) is 0 Å². The minimum atomic E-state index is 0.936. The Hall–Kier alpha value is -2.35. The number of H-pyrrole nitrogens is 1. The van der Waals surface area contributed by atoms with E-state index in [4.69, 9.17) is 4.98 Å². The summed E-state index contributed by atoms with van der Waals surface area (Å²) in [5.74, 6) is 0.936. The highest BCUT2D eigenvalue weighted by atomic mass is 14.9. The lowest BCUT2D eigenvalue weighted by molar-refractivity contribution is 1.04. The van der Waals surface area contributed by atoms with E-state index >= 15 is 0 Å². The zero-order chi connectivity index (χ0) is 14.7. The first-order valence-electron chi connectivity index (χ1n) is 7.54. The summed E-state index contributed by atoms with van der Waals surface area (Å²) in [7, 11) is 0. The minimum Gasteiger partial charge on any atom is -0.344 e. The molecule has 1 N–H and O–H groups in total. The van der Waals surface area contributed by atoms with Gasteiger partial charge in [-0.3, -0.25) is 0 Å². The third kappa shape index (κ3) is 2.75. The van der Waals surface area contributed by atoms with Gasteiger partial charge in [-0.15, -0.1) is 0 Å². The molecule has 0 unspecified atom stereocenters. The summed E-state index contributed by atoms with van der Waals surface area (Å²) in [6.45, 7) is 4.41. The van der Waals surface area contributed by atoms with Gasteiger partial charge in [-0.25, -0.2) is 4.98 Å². The number of nitrogens with one attached hydrogen (secondary N) is 1. The van der Waals surface area contributed by atoms with Crippen LogP contribution >= 0.6 is 0 Å². The predicted molar refractivity (Wildman–Crippen MR) is 88.2 cm³/mol. The average Bonchev–Trinajstić information content (AvgIpc) is 3.05. The second-order valence-corrected chi connectivity index (χ2v) is 5.19. The summed E-state index contributed by atoms with van der Waals surface area (Å²) in [6.07, 6.45) is 4.12. The smallest absolute Gasteiger partial charge is 0.138 e. The van der Waals surface area contributed by atoms with Gasteiger partial charge in [-0.05, 0) is 30.0 Å². The molecule has 0 saturated heterocycles. The van der Waals surface area contributed by atoms with Gasteiger partial charge in [-0.1, -0.05) is 56.3 Å². The van der Waals surface area contributed by atoms with Gasteiger partial charge in [0.15, 0.2) is 0 Å². The minimum absolute atomic E-state index is 0.936. The number of benzene rings is 2. The number of imidazole rings is 1. The number of aromatic amines is 1. The molecule has 0 radical (unpaired) electrons. The quantitative estimate of drug-likeness (QED) is 0.723. The fraction of sp³-hybridized carbons (Fsp3) is 0.211. The Bertz CT molecular complexity index is 726. The van der Waals surface area contributed by atoms with Crippen molar-refractivity contribution >= 4 is 0 Å². The number of aromatic nitrogens is 2. The monoisotopic (exact) mass is 276 g/mol. The second kappa shape index (κ2) is 5.96. The van der Waals surface area contributed by atoms with Crippen LogP contribution in [0.15, 0.2) is 54.7 Å². The molecule has 0 bridgehead atoms. The van der Waals surface area contributed by atoms with E-state index in [-0.39, 0.29) is 0 Å². The van der Waals surface area contributed by atoms with Crippen molar-refractivity contribution in [3.05, 3.63) is 65.9 Å². The van der Waals surface area contributed by atoms with Gasteiger partial charge >= 0.3 is 0 Å². The Labute approximate surface area is 125 Å². The zero-order valence-electron chi connectivity index (χ0n) is 12.6. The van der Waals surface area contributed by atoms with Crippen molar-refractivity contribution in [3.63, 3.8) is 0 Å². The Morgan fingerprint density at radius 1 is 0.857 bits per heavy atom. The predicted octanol–water partition coefficient (Wildman–Crippen LogP) is 4.87. The maximum atomic E-state index is 4.73. The van der Waals surface area contributed by atoms with E-state index in [1.807, 2.05) is 24.4 Å². The van der Waals surface area contributed by atoms with Gasteiger partial charge in [0.25, 0.3) is 0 Å². The lowest BCUT2D eigenvalue weighted by atomic mass is 10.00. The van der Waals surface area contributed by atoms with Crippen LogP contribution in [-0.2, 0) is 12.8 Å². The molecule has 106 valence electrons. The van der Waals surface area contributed by atoms with E-state index in [1.165, 1.54) is 11.1 Å². The van der Waals surface area contributed by atoms with Crippen molar-refractivity contribution in [3.8, 4) is 22.6 Å². The number of rotatable bonds is 4. The molecule has 0 aliphatic rings. The van der Waals surface area contributed by atoms with Crippen LogP contribution in [0.3, 0.4) is 0 Å². The molecule has 0 saturated carbocycles. The fourth-order valence-corrected chi connectivity index (χ4v) is 2.67. The molecule has 0 aliphatic heterocycles. The Morgan fingerprint density at radius 3 is 2.33 bits per heavy atom. The number of hydrogen-bond donors (Lipinski definition) is 1. The van der Waals surface area contributed by atoms with Gasteiger partial charge < -0.3 is 4.98 Å². The lowest BCUT2D eigenvalue weighted by Crippen LogP contribution is -1.92. The van der Waals surface area contributed by atoms with E-state index in [0.717, 1.165) is 35.5 Å². The van der Waals surface area contributed by atoms with Gasteiger partial charge in [0, 0.05) is 17.3 Å². The van der Waals surface area contributed by atoms with Crippen LogP contribution in [0.4, 0.5) is 0 Å². The van der Waals surface area contributed by atoms with Crippen LogP contribution < -0.4 is 0 Å². The van der Waals surface area contributed by atoms with E-state index in [1.54, 1.807) is 0 Å². The van der Waals surface area contributed by atoms with Crippen LogP contribution in [0.1, 0.15) is 25.0 Å². The molecule has 3 rings (SSSR count). The molecule has 2 aromatic carbocycles. The number of aryl methyl sites for hydroxylation is 2. The summed E-state index contributed by atoms with van der Waals surface area (Å²) in [4.78, 5) is 8.02. The van der Waals surface area contributed by atoms with Crippen molar-refractivity contribution in [1.29, 1.82) is 0 Å². The second-order valence-electron chi connectivity index (χ2n) is 5.19. The molecule has 0 fully saturated rings. The van der Waals surface area contributed by atoms with Gasteiger partial charge in [0.2, 0.25) is 0 Å². The van der Waals surface area contributed by atoms with Crippen LogP contribution in [-0.4, -0.2) is 9.97 Å². The molecule has 0 atom stereocenters. The van der Waals surface area contributed by atoms with Crippen molar-refractivity contribution in [2.75, 3.05) is 0 Å². The third-order valence-electron chi connectivity index (χ3n) is 3.89. The number of nitrogens with zero attached hydrogens (tertiary/aromatic N) is 1. The topological polar surface area (TPSA) is 28.7 Å². The summed E-state index contributed by atoms with van der Waals surface area (Å²) in [5.41, 5.74) is 6.12. The van der Waals surface area contributed by atoms with Crippen LogP contribution in [0.2, 0.25) is 0 Å². The average molecular weight is 276 g/mol. The van der Waals surface area contributed by atoms with Crippen molar-refractivity contribution in [2.24, 2.45) is 0 Å². The van der Waals surface area contributed by atoms with E-state index < -0.39 is 0 Å². The van der Waals surface area contributed by atoms with Gasteiger partial charge in [0.1, 0.15) is 5.82 Å². The molecule has 21 heavy (non-hydrogen) atoms. The molecular formula is C19H20N2. The summed E-state index contributed by atoms with van der Waals surface area (Å²) in [5, 5.41) is 0. The van der Waals surface area contributed by atoms with Gasteiger partial charge in [0.05, 0.1) is 5.69 Å². The molecular weight excluding hydrogens is 256 g/mol. The Kier molecular flexibility index (Phi) is 3.87. The first-order valence-corrected chi connectivity index (χ1v) is 7.54. The molecule has 1 heterocycles. The van der Waals surface area contributed by atoms with Gasteiger partial charge in [-0.2, -0.15) is 0 Å². The fourth-order valence-electron chi connectivity index (χ4n) is 2.67. The Balaban J connectivity index is 1.97. The van der Waals surface area contributed by atoms with Crippen molar-refractivity contribution in [2.45, 2.75) is 26.7 Å². The van der Waals surface area contributed by atoms with Crippen molar-refractivity contribution in [1.82, 2.24) is 9.97 Å². The maximum Gasteiger partial charge on any atom is 0.138 e. The standard InChI is InChI=1S/C19H20N2/c1-3-14-10-11-17(12-15(14)4-2)19-20-13-18(21-19)16-8-6-5-7-9-16/h5-13H,3-4H2,1-2H3,(H,20,21). The maximum absolute atomic E-state index is 4.73. The van der Waals surface area contributed by atoms with E-state index in [2.05, 4.69) is 49.2 Å².